The van der Waals surface area contributed by atoms with E-state index in [0.717, 1.165) is 0 Å². The van der Waals surface area contributed by atoms with Gasteiger partial charge in [0.1, 0.15) is 0 Å². The molecule has 0 saturated carbocycles. The Kier molecular flexibility index (Phi) is 3.73. The van der Waals surface area contributed by atoms with E-state index in [-0.39, 0.29) is 11.3 Å². The monoisotopic (exact) mass is 242 g/mol. The Morgan fingerprint density at radius 1 is 1.44 bits per heavy atom. The summed E-state index contributed by atoms with van der Waals surface area (Å²) in [6.07, 6.45) is -0.982. The molecule has 0 saturated heterocycles. The Morgan fingerprint density at radius 3 is 2.56 bits per heavy atom. The number of ether oxygens (including phenoxy) is 1. The van der Waals surface area contributed by atoms with E-state index < -0.39 is 18.0 Å². The van der Waals surface area contributed by atoms with Gasteiger partial charge in [-0.05, 0) is 25.1 Å². The first-order valence-electron chi connectivity index (χ1n) is 4.47. The summed E-state index contributed by atoms with van der Waals surface area (Å²) in [5.41, 5.74) is 11.0. The Balaban J connectivity index is 2.81. The minimum atomic E-state index is -0.982. The normalized spacial score (nSPS) is 11.9. The molecule has 0 aliphatic rings. The van der Waals surface area contributed by atoms with Crippen LogP contribution in [0.2, 0.25) is 5.02 Å². The van der Waals surface area contributed by atoms with Crippen molar-refractivity contribution >= 4 is 29.2 Å². The number of carbonyl (C=O) groups excluding carboxylic acids is 2. The number of carbonyl (C=O) groups is 2. The molecule has 86 valence electrons. The first-order chi connectivity index (χ1) is 7.41. The van der Waals surface area contributed by atoms with E-state index in [2.05, 4.69) is 0 Å². The summed E-state index contributed by atoms with van der Waals surface area (Å²) in [4.78, 5) is 22.2. The average Bonchev–Trinajstić information content (AvgIpc) is 2.21. The SMILES string of the molecule is CC(OC(=O)c1ccc(Cl)c(N)c1)C(N)=O. The largest absolute Gasteiger partial charge is 0.449 e. The smallest absolute Gasteiger partial charge is 0.338 e. The van der Waals surface area contributed by atoms with Crippen molar-refractivity contribution in [3.63, 3.8) is 0 Å². The molecule has 1 unspecified atom stereocenters. The fourth-order valence-corrected chi connectivity index (χ4v) is 1.07. The van der Waals surface area contributed by atoms with Gasteiger partial charge in [0.15, 0.2) is 6.10 Å². The number of hydrogen-bond donors (Lipinski definition) is 2. The summed E-state index contributed by atoms with van der Waals surface area (Å²) in [5, 5.41) is 0.347. The number of primary amides is 1. The van der Waals surface area contributed by atoms with Gasteiger partial charge in [-0.2, -0.15) is 0 Å². The van der Waals surface area contributed by atoms with Crippen molar-refractivity contribution in [1.82, 2.24) is 0 Å². The molecular formula is C10H11ClN2O3. The maximum absolute atomic E-state index is 11.5. The minimum Gasteiger partial charge on any atom is -0.449 e. The molecular weight excluding hydrogens is 232 g/mol. The van der Waals surface area contributed by atoms with Crippen LogP contribution in [0.3, 0.4) is 0 Å². The van der Waals surface area contributed by atoms with Crippen molar-refractivity contribution < 1.29 is 14.3 Å². The molecule has 16 heavy (non-hydrogen) atoms. The van der Waals surface area contributed by atoms with Crippen LogP contribution in [0.4, 0.5) is 5.69 Å². The molecule has 1 aromatic carbocycles. The summed E-state index contributed by atoms with van der Waals surface area (Å²) in [7, 11) is 0. The molecule has 0 aromatic heterocycles. The van der Waals surface area contributed by atoms with E-state index in [1.54, 1.807) is 0 Å². The number of rotatable bonds is 3. The molecule has 5 nitrogen and oxygen atoms in total. The Morgan fingerprint density at radius 2 is 2.06 bits per heavy atom. The van der Waals surface area contributed by atoms with Gasteiger partial charge in [-0.25, -0.2) is 4.79 Å². The second kappa shape index (κ2) is 4.85. The fourth-order valence-electron chi connectivity index (χ4n) is 0.957. The lowest BCUT2D eigenvalue weighted by molar-refractivity contribution is -0.125. The maximum Gasteiger partial charge on any atom is 0.338 e. The van der Waals surface area contributed by atoms with Crippen LogP contribution in [-0.4, -0.2) is 18.0 Å². The van der Waals surface area contributed by atoms with Gasteiger partial charge in [-0.1, -0.05) is 11.6 Å². The van der Waals surface area contributed by atoms with Gasteiger partial charge in [0.25, 0.3) is 5.91 Å². The van der Waals surface area contributed by atoms with E-state index in [1.807, 2.05) is 0 Å². The average molecular weight is 243 g/mol. The lowest BCUT2D eigenvalue weighted by Gasteiger charge is -2.09. The molecule has 0 spiro atoms. The van der Waals surface area contributed by atoms with Gasteiger partial charge in [0.2, 0.25) is 0 Å². The van der Waals surface area contributed by atoms with Crippen LogP contribution in [-0.2, 0) is 9.53 Å². The molecule has 6 heteroatoms. The van der Waals surface area contributed by atoms with Gasteiger partial charge >= 0.3 is 5.97 Å². The number of esters is 1. The quantitative estimate of drug-likeness (QED) is 0.609. The lowest BCUT2D eigenvalue weighted by Crippen LogP contribution is -2.30. The molecule has 0 fully saturated rings. The van der Waals surface area contributed by atoms with Crippen molar-refractivity contribution in [3.05, 3.63) is 28.8 Å². The third-order valence-electron chi connectivity index (χ3n) is 1.92. The van der Waals surface area contributed by atoms with E-state index in [9.17, 15) is 9.59 Å². The number of benzene rings is 1. The van der Waals surface area contributed by atoms with E-state index in [4.69, 9.17) is 27.8 Å². The number of halogens is 1. The van der Waals surface area contributed by atoms with Gasteiger partial charge in [-0.15, -0.1) is 0 Å². The summed E-state index contributed by atoms with van der Waals surface area (Å²) in [5.74, 6) is -1.38. The van der Waals surface area contributed by atoms with Crippen LogP contribution >= 0.6 is 11.6 Å². The summed E-state index contributed by atoms with van der Waals surface area (Å²) >= 11 is 5.69. The molecule has 1 atom stereocenters. The van der Waals surface area contributed by atoms with Crippen LogP contribution in [0.15, 0.2) is 18.2 Å². The molecule has 0 aliphatic heterocycles. The third kappa shape index (κ3) is 2.87. The van der Waals surface area contributed by atoms with E-state index in [1.165, 1.54) is 25.1 Å². The van der Waals surface area contributed by atoms with Crippen molar-refractivity contribution in [2.24, 2.45) is 5.73 Å². The van der Waals surface area contributed by atoms with Gasteiger partial charge in [-0.3, -0.25) is 4.79 Å². The second-order valence-corrected chi connectivity index (χ2v) is 3.59. The molecule has 0 heterocycles. The highest BCUT2D eigenvalue weighted by atomic mass is 35.5. The highest BCUT2D eigenvalue weighted by molar-refractivity contribution is 6.33. The molecule has 0 aliphatic carbocycles. The van der Waals surface area contributed by atoms with E-state index in [0.29, 0.717) is 5.02 Å². The zero-order valence-corrected chi connectivity index (χ0v) is 9.32. The first kappa shape index (κ1) is 12.3. The molecule has 1 aromatic rings. The Hall–Kier alpha value is -1.75. The molecule has 0 radical (unpaired) electrons. The van der Waals surface area contributed by atoms with Crippen molar-refractivity contribution in [2.45, 2.75) is 13.0 Å². The summed E-state index contributed by atoms with van der Waals surface area (Å²) < 4.78 is 4.78. The molecule has 1 amide bonds. The number of hydrogen-bond acceptors (Lipinski definition) is 4. The third-order valence-corrected chi connectivity index (χ3v) is 2.26. The van der Waals surface area contributed by atoms with Crippen molar-refractivity contribution in [3.8, 4) is 0 Å². The van der Waals surface area contributed by atoms with Crippen LogP contribution in [0.1, 0.15) is 17.3 Å². The predicted octanol–water partition coefficient (Wildman–Crippen LogP) is 0.953. The highest BCUT2D eigenvalue weighted by Crippen LogP contribution is 2.20. The summed E-state index contributed by atoms with van der Waals surface area (Å²) in [6.45, 7) is 1.39. The number of amides is 1. The number of nitrogens with two attached hydrogens (primary N) is 2. The van der Waals surface area contributed by atoms with Crippen molar-refractivity contribution in [1.29, 1.82) is 0 Å². The number of nitrogen functional groups attached to an aromatic ring is 1. The molecule has 4 N–H and O–H groups in total. The standard InChI is InChI=1S/C10H11ClN2O3/c1-5(9(13)14)16-10(15)6-2-3-7(11)8(12)4-6/h2-5H,12H2,1H3,(H2,13,14). The van der Waals surface area contributed by atoms with Gasteiger partial charge < -0.3 is 16.2 Å². The Bertz CT molecular complexity index is 434. The number of anilines is 1. The van der Waals surface area contributed by atoms with Gasteiger partial charge in [0, 0.05) is 0 Å². The molecule has 0 bridgehead atoms. The topological polar surface area (TPSA) is 95.4 Å². The zero-order valence-electron chi connectivity index (χ0n) is 8.57. The first-order valence-corrected chi connectivity index (χ1v) is 4.85. The maximum atomic E-state index is 11.5. The highest BCUT2D eigenvalue weighted by Gasteiger charge is 2.16. The predicted molar refractivity (Wildman–Crippen MR) is 59.9 cm³/mol. The molecule has 1 rings (SSSR count). The lowest BCUT2D eigenvalue weighted by atomic mass is 10.2. The van der Waals surface area contributed by atoms with Crippen molar-refractivity contribution in [2.75, 3.05) is 5.73 Å². The minimum absolute atomic E-state index is 0.218. The van der Waals surface area contributed by atoms with Crippen LogP contribution in [0, 0.1) is 0 Å². The van der Waals surface area contributed by atoms with Crippen LogP contribution < -0.4 is 11.5 Å². The zero-order chi connectivity index (χ0) is 12.3. The summed E-state index contributed by atoms with van der Waals surface area (Å²) in [6, 6.07) is 4.30. The fraction of sp³-hybridized carbons (Fsp3) is 0.200. The second-order valence-electron chi connectivity index (χ2n) is 3.19. The van der Waals surface area contributed by atoms with Gasteiger partial charge in [0.05, 0.1) is 16.3 Å². The van der Waals surface area contributed by atoms with E-state index >= 15 is 0 Å². The van der Waals surface area contributed by atoms with Crippen LogP contribution in [0.25, 0.3) is 0 Å². The van der Waals surface area contributed by atoms with Crippen LogP contribution in [0.5, 0.6) is 0 Å². The Labute approximate surface area is 97.3 Å².